The van der Waals surface area contributed by atoms with Crippen molar-refractivity contribution in [3.05, 3.63) is 58.4 Å². The summed E-state index contributed by atoms with van der Waals surface area (Å²) in [6.07, 6.45) is 0.455. The Morgan fingerprint density at radius 3 is 2.04 bits per heavy atom. The average molecular weight is 332 g/mol. The number of benzene rings is 2. The van der Waals surface area contributed by atoms with Crippen LogP contribution >= 0.6 is 0 Å². The van der Waals surface area contributed by atoms with Crippen molar-refractivity contribution in [2.75, 3.05) is 7.11 Å². The zero-order chi connectivity index (χ0) is 17.1. The molecule has 122 valence electrons. The number of hydrogen-bond donors (Lipinski definition) is 0. The van der Waals surface area contributed by atoms with Crippen LogP contribution in [0.3, 0.4) is 0 Å². The smallest absolute Gasteiger partial charge is 0.207 e. The van der Waals surface area contributed by atoms with Gasteiger partial charge < -0.3 is 9.47 Å². The minimum Gasteiger partial charge on any atom is -0.497 e. The molecule has 2 aromatic rings. The number of ether oxygens (including phenoxy) is 2. The number of carbonyl (C=O) groups is 1. The molecule has 0 aliphatic carbocycles. The first-order valence-electron chi connectivity index (χ1n) is 6.17. The first-order chi connectivity index (χ1) is 10.9. The van der Waals surface area contributed by atoms with E-state index in [4.69, 9.17) is 9.47 Å². The highest BCUT2D eigenvalue weighted by Crippen LogP contribution is 2.30. The van der Waals surface area contributed by atoms with Gasteiger partial charge in [-0.05, 0) is 18.2 Å². The van der Waals surface area contributed by atoms with Crippen molar-refractivity contribution < 1.29 is 36.2 Å². The quantitative estimate of drug-likeness (QED) is 0.362. The van der Waals surface area contributed by atoms with Crippen molar-refractivity contribution in [3.63, 3.8) is 0 Å². The molecule has 0 aromatic heterocycles. The molecular formula is C15H9F5O3. The lowest BCUT2D eigenvalue weighted by Crippen LogP contribution is -2.08. The highest BCUT2D eigenvalue weighted by Gasteiger charge is 2.27. The molecule has 2 rings (SSSR count). The summed E-state index contributed by atoms with van der Waals surface area (Å²) < 4.78 is 75.7. The fourth-order valence-corrected chi connectivity index (χ4v) is 1.81. The van der Waals surface area contributed by atoms with Crippen LogP contribution < -0.4 is 9.47 Å². The van der Waals surface area contributed by atoms with Crippen molar-refractivity contribution >= 4 is 6.29 Å². The summed E-state index contributed by atoms with van der Waals surface area (Å²) in [7, 11) is 1.35. The lowest BCUT2D eigenvalue weighted by Gasteiger charge is -2.12. The third-order valence-electron chi connectivity index (χ3n) is 3.02. The van der Waals surface area contributed by atoms with Crippen LogP contribution in [0.5, 0.6) is 11.5 Å². The predicted octanol–water partition coefficient (Wildman–Crippen LogP) is 3.78. The van der Waals surface area contributed by atoms with Gasteiger partial charge >= 0.3 is 0 Å². The third-order valence-corrected chi connectivity index (χ3v) is 3.02. The summed E-state index contributed by atoms with van der Waals surface area (Å²) in [6.45, 7) is -0.594. The number of methoxy groups -OCH3 is 1. The second kappa shape index (κ2) is 6.64. The minimum atomic E-state index is -2.28. The van der Waals surface area contributed by atoms with E-state index in [2.05, 4.69) is 0 Å². The number of aldehydes is 1. The van der Waals surface area contributed by atoms with E-state index in [1.54, 1.807) is 0 Å². The molecule has 0 bridgehead atoms. The van der Waals surface area contributed by atoms with Gasteiger partial charge in [0.05, 0.1) is 7.11 Å². The molecule has 0 saturated heterocycles. The van der Waals surface area contributed by atoms with Gasteiger partial charge in [0.1, 0.15) is 18.6 Å². The van der Waals surface area contributed by atoms with Crippen LogP contribution in [-0.2, 0) is 6.61 Å². The summed E-state index contributed by atoms with van der Waals surface area (Å²) in [4.78, 5) is 10.9. The molecule has 0 fully saturated rings. The van der Waals surface area contributed by atoms with Crippen LogP contribution in [0.15, 0.2) is 18.2 Å². The van der Waals surface area contributed by atoms with Gasteiger partial charge in [0, 0.05) is 11.1 Å². The van der Waals surface area contributed by atoms with E-state index in [1.807, 2.05) is 0 Å². The highest BCUT2D eigenvalue weighted by molar-refractivity contribution is 5.77. The van der Waals surface area contributed by atoms with Gasteiger partial charge in [-0.2, -0.15) is 8.78 Å². The van der Waals surface area contributed by atoms with Gasteiger partial charge in [-0.25, -0.2) is 13.2 Å². The number of hydrogen-bond acceptors (Lipinski definition) is 3. The van der Waals surface area contributed by atoms with Crippen molar-refractivity contribution in [2.45, 2.75) is 6.61 Å². The Hall–Kier alpha value is -2.64. The van der Waals surface area contributed by atoms with E-state index < -0.39 is 41.4 Å². The molecule has 0 unspecified atom stereocenters. The summed E-state index contributed by atoms with van der Waals surface area (Å²) in [6, 6.07) is 4.17. The maximum atomic E-state index is 13.5. The Bertz CT molecular complexity index is 732. The Labute approximate surface area is 127 Å². The monoisotopic (exact) mass is 332 g/mol. The molecular weight excluding hydrogens is 323 g/mol. The molecule has 0 saturated carbocycles. The van der Waals surface area contributed by atoms with E-state index in [1.165, 1.54) is 25.3 Å². The summed E-state index contributed by atoms with van der Waals surface area (Å²) in [5.41, 5.74) is 0.276. The molecule has 0 heterocycles. The Morgan fingerprint density at radius 2 is 1.52 bits per heavy atom. The van der Waals surface area contributed by atoms with Gasteiger partial charge in [-0.3, -0.25) is 4.79 Å². The molecule has 0 aliphatic rings. The summed E-state index contributed by atoms with van der Waals surface area (Å²) in [5, 5.41) is 0. The lowest BCUT2D eigenvalue weighted by atomic mass is 10.1. The largest absolute Gasteiger partial charge is 0.497 e. The van der Waals surface area contributed by atoms with Gasteiger partial charge in [-0.1, -0.05) is 0 Å². The molecule has 8 heteroatoms. The van der Waals surface area contributed by atoms with Crippen molar-refractivity contribution in [1.82, 2.24) is 0 Å². The Balaban J connectivity index is 2.37. The van der Waals surface area contributed by atoms with Crippen molar-refractivity contribution in [3.8, 4) is 11.5 Å². The van der Waals surface area contributed by atoms with E-state index >= 15 is 0 Å². The molecule has 0 radical (unpaired) electrons. The number of rotatable bonds is 5. The SMILES string of the molecule is COc1ccc(C=O)c(COc2c(F)c(F)c(F)c(F)c2F)c1. The zero-order valence-electron chi connectivity index (χ0n) is 11.6. The number of halogens is 5. The van der Waals surface area contributed by atoms with E-state index in [9.17, 15) is 26.7 Å². The topological polar surface area (TPSA) is 35.5 Å². The van der Waals surface area contributed by atoms with Crippen LogP contribution in [0.25, 0.3) is 0 Å². The van der Waals surface area contributed by atoms with Crippen LogP contribution in [0.1, 0.15) is 15.9 Å². The lowest BCUT2D eigenvalue weighted by molar-refractivity contribution is 0.112. The first-order valence-corrected chi connectivity index (χ1v) is 6.17. The fourth-order valence-electron chi connectivity index (χ4n) is 1.81. The van der Waals surface area contributed by atoms with Crippen LogP contribution in [-0.4, -0.2) is 13.4 Å². The molecule has 0 N–H and O–H groups in total. The normalized spacial score (nSPS) is 10.5. The third kappa shape index (κ3) is 3.10. The van der Waals surface area contributed by atoms with Gasteiger partial charge in [0.25, 0.3) is 0 Å². The molecule has 0 amide bonds. The molecule has 0 spiro atoms. The second-order valence-electron chi connectivity index (χ2n) is 4.37. The fraction of sp³-hybridized carbons (Fsp3) is 0.133. The Kier molecular flexibility index (Phi) is 4.83. The maximum Gasteiger partial charge on any atom is 0.207 e. The molecule has 2 aromatic carbocycles. The van der Waals surface area contributed by atoms with E-state index in [-0.39, 0.29) is 11.1 Å². The van der Waals surface area contributed by atoms with Gasteiger partial charge in [0.15, 0.2) is 5.75 Å². The highest BCUT2D eigenvalue weighted by atomic mass is 19.2. The molecule has 23 heavy (non-hydrogen) atoms. The minimum absolute atomic E-state index is 0.120. The van der Waals surface area contributed by atoms with Crippen molar-refractivity contribution in [1.29, 1.82) is 0 Å². The van der Waals surface area contributed by atoms with Crippen molar-refractivity contribution in [2.24, 2.45) is 0 Å². The summed E-state index contributed by atoms with van der Waals surface area (Å²) in [5.74, 6) is -11.8. The second-order valence-corrected chi connectivity index (χ2v) is 4.37. The van der Waals surface area contributed by atoms with E-state index in [0.29, 0.717) is 12.0 Å². The molecule has 3 nitrogen and oxygen atoms in total. The average Bonchev–Trinajstić information content (AvgIpc) is 2.57. The maximum absolute atomic E-state index is 13.5. The standard InChI is InChI=1S/C15H9F5O3/c1-22-9-3-2-7(5-21)8(4-9)6-23-15-13(19)11(17)10(16)12(18)14(15)20/h2-5H,6H2,1H3. The first kappa shape index (κ1) is 16.7. The number of carbonyl (C=O) groups excluding carboxylic acids is 1. The zero-order valence-corrected chi connectivity index (χ0v) is 11.6. The van der Waals surface area contributed by atoms with E-state index in [0.717, 1.165) is 0 Å². The van der Waals surface area contributed by atoms with Gasteiger partial charge in [-0.15, -0.1) is 0 Å². The Morgan fingerprint density at radius 1 is 0.957 bits per heavy atom. The summed E-state index contributed by atoms with van der Waals surface area (Å²) >= 11 is 0. The molecule has 0 atom stereocenters. The predicted molar refractivity (Wildman–Crippen MR) is 68.9 cm³/mol. The van der Waals surface area contributed by atoms with Gasteiger partial charge in [0.2, 0.25) is 29.1 Å². The van der Waals surface area contributed by atoms with Crippen LogP contribution in [0.2, 0.25) is 0 Å². The van der Waals surface area contributed by atoms with Crippen LogP contribution in [0.4, 0.5) is 22.0 Å². The molecule has 0 aliphatic heterocycles. The van der Waals surface area contributed by atoms with Crippen LogP contribution in [0, 0.1) is 29.1 Å².